The maximum absolute atomic E-state index is 12.0. The van der Waals surface area contributed by atoms with E-state index in [0.29, 0.717) is 11.4 Å². The van der Waals surface area contributed by atoms with E-state index >= 15 is 0 Å². The number of benzene rings is 1. The fourth-order valence-electron chi connectivity index (χ4n) is 3.47. The number of pyridine rings is 2. The Morgan fingerprint density at radius 3 is 2.50 bits per heavy atom. The Kier molecular flexibility index (Phi) is 6.55. The monoisotopic (exact) mass is 456 g/mol. The van der Waals surface area contributed by atoms with Gasteiger partial charge in [-0.25, -0.2) is 4.79 Å². The molecule has 0 atom stereocenters. The Labute approximate surface area is 198 Å². The minimum Gasteiger partial charge on any atom is -0.353 e. The smallest absolute Gasteiger partial charge is 0.321 e. The molecule has 4 aromatic rings. The number of amides is 2. The van der Waals surface area contributed by atoms with E-state index in [-0.39, 0.29) is 6.03 Å². The van der Waals surface area contributed by atoms with Crippen LogP contribution in [0.4, 0.5) is 16.2 Å². The van der Waals surface area contributed by atoms with Crippen LogP contribution in [0.1, 0.15) is 11.4 Å². The number of H-pyrrole nitrogens is 1. The van der Waals surface area contributed by atoms with Crippen molar-refractivity contribution in [2.75, 3.05) is 38.8 Å². The zero-order valence-electron chi connectivity index (χ0n) is 19.8. The summed E-state index contributed by atoms with van der Waals surface area (Å²) in [7, 11) is 7.41. The van der Waals surface area contributed by atoms with Gasteiger partial charge < -0.3 is 20.4 Å². The molecule has 0 aliphatic rings. The highest BCUT2D eigenvalue weighted by molar-refractivity contribution is 5.95. The number of fused-ring (bicyclic) bond motifs is 1. The molecule has 3 heterocycles. The molecule has 0 aliphatic heterocycles. The second-order valence-corrected chi connectivity index (χ2v) is 8.50. The number of urea groups is 1. The van der Waals surface area contributed by atoms with Crippen LogP contribution in [0.2, 0.25) is 0 Å². The first-order valence-electron chi connectivity index (χ1n) is 10.8. The lowest BCUT2D eigenvalue weighted by Gasteiger charge is -2.12. The van der Waals surface area contributed by atoms with Crippen molar-refractivity contribution in [1.29, 1.82) is 0 Å². The molecule has 0 bridgehead atoms. The topological polar surface area (TPSA) is 102 Å². The number of aromatic nitrogens is 4. The van der Waals surface area contributed by atoms with Gasteiger partial charge in [-0.2, -0.15) is 5.10 Å². The Morgan fingerprint density at radius 2 is 1.79 bits per heavy atom. The van der Waals surface area contributed by atoms with Gasteiger partial charge in [-0.15, -0.1) is 0 Å². The van der Waals surface area contributed by atoms with Crippen molar-refractivity contribution in [2.24, 2.45) is 0 Å². The average Bonchev–Trinajstić information content (AvgIpc) is 3.23. The van der Waals surface area contributed by atoms with Gasteiger partial charge in [-0.05, 0) is 50.0 Å². The van der Waals surface area contributed by atoms with Gasteiger partial charge in [0.05, 0.1) is 40.7 Å². The zero-order valence-corrected chi connectivity index (χ0v) is 19.8. The van der Waals surface area contributed by atoms with Crippen LogP contribution in [0.15, 0.2) is 61.6 Å². The van der Waals surface area contributed by atoms with E-state index in [1.54, 1.807) is 32.7 Å². The highest BCUT2D eigenvalue weighted by Gasteiger charge is 2.12. The molecule has 9 heteroatoms. The summed E-state index contributed by atoms with van der Waals surface area (Å²) in [6, 6.07) is 11.6. The number of aromatic amines is 1. The zero-order chi connectivity index (χ0) is 24.2. The van der Waals surface area contributed by atoms with Gasteiger partial charge >= 0.3 is 6.03 Å². The molecule has 1 aromatic carbocycles. The summed E-state index contributed by atoms with van der Waals surface area (Å²) in [6.07, 6.45) is 5.18. The molecular weight excluding hydrogens is 428 g/mol. The number of hydrogen-bond donors (Lipinski definition) is 3. The molecule has 0 fully saturated rings. The predicted molar refractivity (Wildman–Crippen MR) is 136 cm³/mol. The van der Waals surface area contributed by atoms with Crippen LogP contribution in [-0.2, 0) is 6.54 Å². The molecule has 0 saturated carbocycles. The second-order valence-electron chi connectivity index (χ2n) is 8.50. The van der Waals surface area contributed by atoms with Gasteiger partial charge in [-0.3, -0.25) is 15.1 Å². The lowest BCUT2D eigenvalue weighted by Crippen LogP contribution is -2.27. The van der Waals surface area contributed by atoms with Crippen molar-refractivity contribution < 1.29 is 4.79 Å². The molecule has 3 aromatic heterocycles. The highest BCUT2D eigenvalue weighted by Crippen LogP contribution is 2.29. The van der Waals surface area contributed by atoms with Gasteiger partial charge in [0.25, 0.3) is 0 Å². The van der Waals surface area contributed by atoms with Crippen molar-refractivity contribution in [3.05, 3.63) is 73.0 Å². The Hall–Kier alpha value is -4.24. The van der Waals surface area contributed by atoms with Crippen LogP contribution in [0.5, 0.6) is 0 Å². The van der Waals surface area contributed by atoms with Crippen LogP contribution < -0.4 is 10.6 Å². The lowest BCUT2D eigenvalue weighted by atomic mass is 10.0. The van der Waals surface area contributed by atoms with Crippen LogP contribution >= 0.6 is 0 Å². The first kappa shape index (κ1) is 22.9. The Bertz CT molecular complexity index is 1320. The third kappa shape index (κ3) is 5.21. The van der Waals surface area contributed by atoms with E-state index in [1.807, 2.05) is 50.5 Å². The summed E-state index contributed by atoms with van der Waals surface area (Å²) in [5, 5.41) is 14.6. The van der Waals surface area contributed by atoms with Gasteiger partial charge in [0, 0.05) is 37.8 Å². The molecule has 0 spiro atoms. The van der Waals surface area contributed by atoms with E-state index in [0.717, 1.165) is 45.6 Å². The fourth-order valence-corrected chi connectivity index (χ4v) is 3.47. The summed E-state index contributed by atoms with van der Waals surface area (Å²) < 4.78 is 0. The number of anilines is 2. The molecule has 174 valence electrons. The summed E-state index contributed by atoms with van der Waals surface area (Å²) in [5.74, 6) is 0. The van der Waals surface area contributed by atoms with E-state index in [9.17, 15) is 4.79 Å². The lowest BCUT2D eigenvalue weighted by molar-refractivity contribution is 0.230. The number of carbonyl (C=O) groups excluding carboxylic acids is 1. The Morgan fingerprint density at radius 1 is 0.971 bits per heavy atom. The van der Waals surface area contributed by atoms with Crippen molar-refractivity contribution >= 4 is 34.0 Å². The predicted octanol–water partition coefficient (Wildman–Crippen LogP) is 4.26. The van der Waals surface area contributed by atoms with Crippen molar-refractivity contribution in [1.82, 2.24) is 30.0 Å². The van der Waals surface area contributed by atoms with E-state index in [1.165, 1.54) is 4.90 Å². The number of rotatable bonds is 7. The summed E-state index contributed by atoms with van der Waals surface area (Å²) in [4.78, 5) is 24.3. The van der Waals surface area contributed by atoms with E-state index < -0.39 is 0 Å². The molecule has 34 heavy (non-hydrogen) atoms. The number of hydrogen-bond acceptors (Lipinski definition) is 6. The normalized spacial score (nSPS) is 11.0. The van der Waals surface area contributed by atoms with Crippen LogP contribution in [-0.4, -0.2) is 64.2 Å². The minimum atomic E-state index is -0.210. The number of nitrogens with one attached hydrogen (secondary N) is 3. The van der Waals surface area contributed by atoms with Gasteiger partial charge in [0.2, 0.25) is 0 Å². The summed E-state index contributed by atoms with van der Waals surface area (Å²) >= 11 is 0. The molecule has 9 nitrogen and oxygen atoms in total. The standard InChI is InChI=1S/C25H28N8O/c1-16(28-19-7-8-20(27-14-19)15-32(2)3)24-22-11-17(6-9-23(22)30-31-24)18-10-21(13-26-12-18)29-25(34)33(4)5/h6-14,28H,1,15H2,2-5H3,(H,29,34)(H,30,31). The first-order valence-corrected chi connectivity index (χ1v) is 10.8. The molecule has 0 saturated heterocycles. The Balaban J connectivity index is 1.57. The van der Waals surface area contributed by atoms with E-state index in [4.69, 9.17) is 0 Å². The van der Waals surface area contributed by atoms with Crippen LogP contribution in [0, 0.1) is 0 Å². The quantitative estimate of drug-likeness (QED) is 0.384. The molecule has 4 rings (SSSR count). The second kappa shape index (κ2) is 9.72. The van der Waals surface area contributed by atoms with Gasteiger partial charge in [0.15, 0.2) is 0 Å². The first-order chi connectivity index (χ1) is 16.3. The maximum atomic E-state index is 12.0. The fraction of sp³-hybridized carbons (Fsp3) is 0.200. The minimum absolute atomic E-state index is 0.210. The van der Waals surface area contributed by atoms with Gasteiger partial charge in [-0.1, -0.05) is 12.6 Å². The molecular formula is C25H28N8O. The van der Waals surface area contributed by atoms with Crippen molar-refractivity contribution in [3.63, 3.8) is 0 Å². The summed E-state index contributed by atoms with van der Waals surface area (Å²) in [6.45, 7) is 4.97. The number of nitrogens with zero attached hydrogens (tertiary/aromatic N) is 5. The van der Waals surface area contributed by atoms with E-state index in [2.05, 4.69) is 42.3 Å². The molecule has 0 aliphatic carbocycles. The van der Waals surface area contributed by atoms with Crippen LogP contribution in [0.25, 0.3) is 27.7 Å². The highest BCUT2D eigenvalue weighted by atomic mass is 16.2. The molecule has 2 amide bonds. The summed E-state index contributed by atoms with van der Waals surface area (Å²) in [5.41, 5.74) is 6.57. The molecule has 0 radical (unpaired) electrons. The molecule has 3 N–H and O–H groups in total. The third-order valence-corrected chi connectivity index (χ3v) is 5.18. The maximum Gasteiger partial charge on any atom is 0.321 e. The number of carbonyl (C=O) groups is 1. The largest absolute Gasteiger partial charge is 0.353 e. The van der Waals surface area contributed by atoms with Crippen molar-refractivity contribution in [3.8, 4) is 11.1 Å². The molecule has 0 unspecified atom stereocenters. The van der Waals surface area contributed by atoms with Crippen molar-refractivity contribution in [2.45, 2.75) is 6.54 Å². The third-order valence-electron chi connectivity index (χ3n) is 5.18. The SMILES string of the molecule is C=C(Nc1ccc(CN(C)C)nc1)c1n[nH]c2ccc(-c3cncc(NC(=O)N(C)C)c3)cc12. The van der Waals surface area contributed by atoms with Gasteiger partial charge in [0.1, 0.15) is 5.69 Å². The van der Waals surface area contributed by atoms with Crippen LogP contribution in [0.3, 0.4) is 0 Å². The average molecular weight is 457 g/mol.